The zero-order chi connectivity index (χ0) is 32.6. The Kier molecular flexibility index (Phi) is 28.2. The topological polar surface area (TPSA) is 52.6 Å². The lowest BCUT2D eigenvalue weighted by atomic mass is 9.80. The Hall–Kier alpha value is -1.84. The number of ether oxygens (including phenoxy) is 2. The Balaban J connectivity index is 2.13. The predicted molar refractivity (Wildman–Crippen MR) is 192 cm³/mol. The van der Waals surface area contributed by atoms with Crippen LogP contribution in [0, 0.1) is 11.8 Å². The third-order valence-electron chi connectivity index (χ3n) is 9.36. The standard InChI is InChI=1S/C41H72O4/c1-4-6-8-10-12-14-16-18-20-22-24-26-28-30-34-44-40(42)38-33-32-37(3)36-39(38)41(43)45-35-31-29-27-25-23-21-19-17-15-13-11-9-7-5-2/h30-32,34-35,38-39H,4-29,33,36H2,1-3H3. The normalized spacial score (nSPS) is 16.8. The fourth-order valence-corrected chi connectivity index (χ4v) is 6.32. The van der Waals surface area contributed by atoms with Crippen molar-refractivity contribution in [1.29, 1.82) is 0 Å². The minimum atomic E-state index is -0.484. The van der Waals surface area contributed by atoms with Gasteiger partial charge in [0.1, 0.15) is 0 Å². The van der Waals surface area contributed by atoms with Crippen LogP contribution in [0.15, 0.2) is 36.3 Å². The lowest BCUT2D eigenvalue weighted by Crippen LogP contribution is -2.33. The third-order valence-corrected chi connectivity index (χ3v) is 9.36. The van der Waals surface area contributed by atoms with E-state index in [0.717, 1.165) is 31.3 Å². The molecule has 1 aliphatic rings. The van der Waals surface area contributed by atoms with Crippen molar-refractivity contribution in [2.75, 3.05) is 0 Å². The van der Waals surface area contributed by atoms with Crippen LogP contribution in [-0.4, -0.2) is 11.9 Å². The fraction of sp³-hybridized carbons (Fsp3) is 0.805. The highest BCUT2D eigenvalue weighted by atomic mass is 16.5. The Morgan fingerprint density at radius 3 is 1.27 bits per heavy atom. The van der Waals surface area contributed by atoms with E-state index < -0.39 is 11.8 Å². The monoisotopic (exact) mass is 629 g/mol. The highest BCUT2D eigenvalue weighted by Gasteiger charge is 2.37. The molecule has 1 aliphatic carbocycles. The first-order valence-electron chi connectivity index (χ1n) is 19.5. The molecule has 1 rings (SSSR count). The molecule has 0 bridgehead atoms. The van der Waals surface area contributed by atoms with Crippen LogP contribution in [0.4, 0.5) is 0 Å². The molecule has 0 aromatic carbocycles. The molecule has 0 saturated carbocycles. The first-order chi connectivity index (χ1) is 22.1. The molecule has 0 amide bonds. The van der Waals surface area contributed by atoms with Crippen molar-refractivity contribution in [2.45, 2.75) is 201 Å². The predicted octanol–water partition coefficient (Wildman–Crippen LogP) is 13.3. The Morgan fingerprint density at radius 2 is 0.889 bits per heavy atom. The van der Waals surface area contributed by atoms with Gasteiger partial charge >= 0.3 is 11.9 Å². The molecule has 4 nitrogen and oxygen atoms in total. The van der Waals surface area contributed by atoms with Gasteiger partial charge in [0.15, 0.2) is 0 Å². The fourth-order valence-electron chi connectivity index (χ4n) is 6.32. The maximum absolute atomic E-state index is 12.9. The molecule has 45 heavy (non-hydrogen) atoms. The van der Waals surface area contributed by atoms with E-state index in [2.05, 4.69) is 19.9 Å². The van der Waals surface area contributed by atoms with Gasteiger partial charge in [-0.1, -0.05) is 167 Å². The van der Waals surface area contributed by atoms with Crippen LogP contribution in [0.5, 0.6) is 0 Å². The molecule has 0 radical (unpaired) electrons. The summed E-state index contributed by atoms with van der Waals surface area (Å²) < 4.78 is 10.9. The van der Waals surface area contributed by atoms with Crippen LogP contribution in [0.2, 0.25) is 0 Å². The molecule has 0 spiro atoms. The molecule has 0 aliphatic heterocycles. The van der Waals surface area contributed by atoms with Crippen LogP contribution in [-0.2, 0) is 19.1 Å². The molecule has 0 N–H and O–H groups in total. The highest BCUT2D eigenvalue weighted by molar-refractivity contribution is 5.83. The minimum Gasteiger partial charge on any atom is -0.435 e. The molecule has 0 saturated heterocycles. The molecule has 2 atom stereocenters. The van der Waals surface area contributed by atoms with E-state index in [-0.39, 0.29) is 11.9 Å². The van der Waals surface area contributed by atoms with E-state index >= 15 is 0 Å². The second kappa shape index (κ2) is 30.8. The van der Waals surface area contributed by atoms with Gasteiger partial charge < -0.3 is 9.47 Å². The second-order valence-corrected chi connectivity index (χ2v) is 13.7. The smallest absolute Gasteiger partial charge is 0.314 e. The number of hydrogen-bond donors (Lipinski definition) is 0. The number of rotatable bonds is 30. The molecule has 4 heteroatoms. The van der Waals surface area contributed by atoms with E-state index in [9.17, 15) is 9.59 Å². The minimum absolute atomic E-state index is 0.323. The summed E-state index contributed by atoms with van der Waals surface area (Å²) in [4.78, 5) is 25.7. The third kappa shape index (κ3) is 24.1. The van der Waals surface area contributed by atoms with Gasteiger partial charge in [-0.25, -0.2) is 0 Å². The van der Waals surface area contributed by atoms with Crippen molar-refractivity contribution in [3.63, 3.8) is 0 Å². The number of allylic oxidation sites excluding steroid dienone is 4. The van der Waals surface area contributed by atoms with Crippen LogP contribution in [0.3, 0.4) is 0 Å². The summed E-state index contributed by atoms with van der Waals surface area (Å²) in [5, 5.41) is 0. The van der Waals surface area contributed by atoms with Crippen molar-refractivity contribution >= 4 is 11.9 Å². The molecular weight excluding hydrogens is 556 g/mol. The lowest BCUT2D eigenvalue weighted by molar-refractivity contribution is -0.154. The van der Waals surface area contributed by atoms with Gasteiger partial charge in [-0.15, -0.1) is 0 Å². The number of unbranched alkanes of at least 4 members (excludes halogenated alkanes) is 24. The molecule has 0 aromatic heterocycles. The summed E-state index contributed by atoms with van der Waals surface area (Å²) in [5.41, 5.74) is 1.13. The SMILES string of the molecule is CCCCCCCCCCCCCCC=COC(=O)C1CC=C(C)CC1C(=O)OC=CCCCCCCCCCCCCCC. The number of carbonyl (C=O) groups excluding carboxylic acids is 2. The van der Waals surface area contributed by atoms with Gasteiger partial charge in [-0.3, -0.25) is 9.59 Å². The quantitative estimate of drug-likeness (QED) is 0.0344. The largest absolute Gasteiger partial charge is 0.435 e. The Labute approximate surface area is 279 Å². The van der Waals surface area contributed by atoms with E-state index in [1.54, 1.807) is 0 Å². The van der Waals surface area contributed by atoms with Crippen LogP contribution in [0.25, 0.3) is 0 Å². The number of hydrogen-bond acceptors (Lipinski definition) is 4. The molecule has 0 fully saturated rings. The Morgan fingerprint density at radius 1 is 0.556 bits per heavy atom. The second-order valence-electron chi connectivity index (χ2n) is 13.7. The van der Waals surface area contributed by atoms with E-state index in [4.69, 9.17) is 9.47 Å². The van der Waals surface area contributed by atoms with Crippen molar-refractivity contribution in [2.24, 2.45) is 11.8 Å². The van der Waals surface area contributed by atoms with E-state index in [1.807, 2.05) is 19.1 Å². The zero-order valence-electron chi connectivity index (χ0n) is 30.0. The molecule has 260 valence electrons. The van der Waals surface area contributed by atoms with Gasteiger partial charge in [0.2, 0.25) is 0 Å². The van der Waals surface area contributed by atoms with Gasteiger partial charge in [-0.05, 0) is 57.6 Å². The average molecular weight is 629 g/mol. The summed E-state index contributed by atoms with van der Waals surface area (Å²) in [6.07, 6.45) is 43.9. The number of esters is 2. The van der Waals surface area contributed by atoms with Gasteiger partial charge in [0.25, 0.3) is 0 Å². The van der Waals surface area contributed by atoms with Crippen molar-refractivity contribution in [3.05, 3.63) is 36.3 Å². The summed E-state index contributed by atoms with van der Waals surface area (Å²) >= 11 is 0. The first kappa shape index (κ1) is 41.2. The van der Waals surface area contributed by atoms with Crippen LogP contribution >= 0.6 is 0 Å². The summed E-state index contributed by atoms with van der Waals surface area (Å²) in [6, 6.07) is 0. The van der Waals surface area contributed by atoms with Gasteiger partial charge in [0.05, 0.1) is 24.4 Å². The summed E-state index contributed by atoms with van der Waals surface area (Å²) in [5.74, 6) is -1.62. The maximum Gasteiger partial charge on any atom is 0.314 e. The maximum atomic E-state index is 12.9. The molecular formula is C41H72O4. The van der Waals surface area contributed by atoms with Crippen LogP contribution < -0.4 is 0 Å². The Bertz CT molecular complexity index is 795. The van der Waals surface area contributed by atoms with Gasteiger partial charge in [-0.2, -0.15) is 0 Å². The lowest BCUT2D eigenvalue weighted by Gasteiger charge is -2.26. The van der Waals surface area contributed by atoms with Crippen molar-refractivity contribution in [1.82, 2.24) is 0 Å². The van der Waals surface area contributed by atoms with E-state index in [1.165, 1.54) is 154 Å². The zero-order valence-corrected chi connectivity index (χ0v) is 30.0. The van der Waals surface area contributed by atoms with Gasteiger partial charge in [0, 0.05) is 0 Å². The van der Waals surface area contributed by atoms with Crippen LogP contribution in [0.1, 0.15) is 201 Å². The molecule has 2 unspecified atom stereocenters. The highest BCUT2D eigenvalue weighted by Crippen LogP contribution is 2.32. The molecule has 0 heterocycles. The van der Waals surface area contributed by atoms with Crippen molar-refractivity contribution < 1.29 is 19.1 Å². The number of carbonyl (C=O) groups is 2. The van der Waals surface area contributed by atoms with E-state index in [0.29, 0.717) is 12.8 Å². The first-order valence-corrected chi connectivity index (χ1v) is 19.5. The average Bonchev–Trinajstić information content (AvgIpc) is 3.04. The van der Waals surface area contributed by atoms with Crippen molar-refractivity contribution in [3.8, 4) is 0 Å². The molecule has 0 aromatic rings. The summed E-state index contributed by atoms with van der Waals surface area (Å²) in [7, 11) is 0. The summed E-state index contributed by atoms with van der Waals surface area (Å²) in [6.45, 7) is 6.56.